The van der Waals surface area contributed by atoms with Crippen molar-refractivity contribution in [1.29, 1.82) is 0 Å². The molecule has 0 amide bonds. The Morgan fingerprint density at radius 3 is 2.60 bits per heavy atom. The molecule has 0 aromatic carbocycles. The largest absolute Gasteiger partial charge is 0.303 e. The zero-order chi connectivity index (χ0) is 7.61. The van der Waals surface area contributed by atoms with Gasteiger partial charge in [0, 0.05) is 6.42 Å². The first-order chi connectivity index (χ1) is 4.70. The fraction of sp³-hybridized carbons (Fsp3) is 0.889. The van der Waals surface area contributed by atoms with Gasteiger partial charge in [-0.3, -0.25) is 0 Å². The predicted molar refractivity (Wildman–Crippen MR) is 41.8 cm³/mol. The normalized spacial score (nSPS) is 38.8. The van der Waals surface area contributed by atoms with E-state index in [1.807, 2.05) is 0 Å². The van der Waals surface area contributed by atoms with E-state index in [2.05, 4.69) is 13.8 Å². The highest BCUT2D eigenvalue weighted by atomic mass is 16.1. The highest BCUT2D eigenvalue weighted by Crippen LogP contribution is 2.48. The summed E-state index contributed by atoms with van der Waals surface area (Å²) in [6.07, 6.45) is 5.65. The first-order valence-electron chi connectivity index (χ1n) is 4.14. The smallest absolute Gasteiger partial charge is 0.120 e. The van der Waals surface area contributed by atoms with E-state index in [4.69, 9.17) is 0 Å². The average molecular weight is 140 g/mol. The fourth-order valence-corrected chi connectivity index (χ4v) is 1.99. The number of aldehydes is 1. The van der Waals surface area contributed by atoms with Crippen molar-refractivity contribution in [1.82, 2.24) is 0 Å². The molecule has 0 spiro atoms. The van der Waals surface area contributed by atoms with Crippen LogP contribution in [-0.4, -0.2) is 6.29 Å². The van der Waals surface area contributed by atoms with Crippen molar-refractivity contribution >= 4 is 6.29 Å². The van der Waals surface area contributed by atoms with Gasteiger partial charge in [-0.15, -0.1) is 0 Å². The molecule has 1 saturated carbocycles. The summed E-state index contributed by atoms with van der Waals surface area (Å²) in [7, 11) is 0. The molecule has 0 bridgehead atoms. The van der Waals surface area contributed by atoms with E-state index in [1.165, 1.54) is 19.3 Å². The van der Waals surface area contributed by atoms with Gasteiger partial charge in [0.2, 0.25) is 0 Å². The molecule has 1 heteroatoms. The highest BCUT2D eigenvalue weighted by molar-refractivity contribution is 5.51. The van der Waals surface area contributed by atoms with E-state index in [-0.39, 0.29) is 0 Å². The first-order valence-corrected chi connectivity index (χ1v) is 4.14. The SMILES string of the molecule is CCC1CC(C)(CC=O)C1. The molecule has 1 aliphatic carbocycles. The standard InChI is InChI=1S/C9H16O/c1-3-8-6-9(2,7-8)4-5-10/h5,8H,3-4,6-7H2,1-2H3. The van der Waals surface area contributed by atoms with Gasteiger partial charge in [0.25, 0.3) is 0 Å². The quantitative estimate of drug-likeness (QED) is 0.550. The van der Waals surface area contributed by atoms with Crippen molar-refractivity contribution in [3.8, 4) is 0 Å². The molecular formula is C9H16O. The van der Waals surface area contributed by atoms with Crippen molar-refractivity contribution in [3.63, 3.8) is 0 Å². The minimum absolute atomic E-state index is 0.377. The summed E-state index contributed by atoms with van der Waals surface area (Å²) in [6.45, 7) is 4.44. The Morgan fingerprint density at radius 2 is 2.20 bits per heavy atom. The van der Waals surface area contributed by atoms with Crippen LogP contribution in [0.5, 0.6) is 0 Å². The number of rotatable bonds is 3. The van der Waals surface area contributed by atoms with Crippen molar-refractivity contribution in [2.45, 2.75) is 39.5 Å². The van der Waals surface area contributed by atoms with Crippen molar-refractivity contribution in [2.75, 3.05) is 0 Å². The molecule has 0 aliphatic heterocycles. The van der Waals surface area contributed by atoms with E-state index < -0.39 is 0 Å². The maximum Gasteiger partial charge on any atom is 0.120 e. The van der Waals surface area contributed by atoms with Gasteiger partial charge in [0.15, 0.2) is 0 Å². The van der Waals surface area contributed by atoms with Crippen LogP contribution in [0.4, 0.5) is 0 Å². The number of carbonyl (C=O) groups excluding carboxylic acids is 1. The molecule has 58 valence electrons. The van der Waals surface area contributed by atoms with Crippen LogP contribution < -0.4 is 0 Å². The number of carbonyl (C=O) groups is 1. The monoisotopic (exact) mass is 140 g/mol. The lowest BCUT2D eigenvalue weighted by molar-refractivity contribution is -0.111. The molecule has 0 saturated heterocycles. The first kappa shape index (κ1) is 7.77. The molecule has 0 radical (unpaired) electrons. The van der Waals surface area contributed by atoms with E-state index >= 15 is 0 Å². The number of hydrogen-bond donors (Lipinski definition) is 0. The topological polar surface area (TPSA) is 17.1 Å². The van der Waals surface area contributed by atoms with Crippen LogP contribution in [-0.2, 0) is 4.79 Å². The highest BCUT2D eigenvalue weighted by Gasteiger charge is 2.38. The summed E-state index contributed by atoms with van der Waals surface area (Å²) < 4.78 is 0. The van der Waals surface area contributed by atoms with Gasteiger partial charge in [-0.25, -0.2) is 0 Å². The molecule has 0 unspecified atom stereocenters. The molecule has 0 atom stereocenters. The van der Waals surface area contributed by atoms with Gasteiger partial charge < -0.3 is 4.79 Å². The number of hydrogen-bond acceptors (Lipinski definition) is 1. The van der Waals surface area contributed by atoms with Gasteiger partial charge in [-0.1, -0.05) is 20.3 Å². The molecule has 0 aromatic heterocycles. The third-order valence-corrected chi connectivity index (χ3v) is 2.72. The van der Waals surface area contributed by atoms with Crippen LogP contribution >= 0.6 is 0 Å². The molecule has 10 heavy (non-hydrogen) atoms. The third kappa shape index (κ3) is 1.39. The second-order valence-electron chi connectivity index (χ2n) is 3.86. The van der Waals surface area contributed by atoms with Gasteiger partial charge >= 0.3 is 0 Å². The Bertz CT molecular complexity index is 123. The summed E-state index contributed by atoms with van der Waals surface area (Å²) in [5.74, 6) is 0.907. The molecule has 0 heterocycles. The summed E-state index contributed by atoms with van der Waals surface area (Å²) in [5, 5.41) is 0. The van der Waals surface area contributed by atoms with Crippen LogP contribution in [0.1, 0.15) is 39.5 Å². The van der Waals surface area contributed by atoms with Crippen molar-refractivity contribution in [3.05, 3.63) is 0 Å². The second kappa shape index (κ2) is 2.73. The molecule has 1 rings (SSSR count). The van der Waals surface area contributed by atoms with Crippen LogP contribution in [0.3, 0.4) is 0 Å². The molecule has 0 aromatic rings. The maximum atomic E-state index is 10.2. The van der Waals surface area contributed by atoms with Crippen LogP contribution in [0.15, 0.2) is 0 Å². The molecule has 0 N–H and O–H groups in total. The molecule has 1 nitrogen and oxygen atoms in total. The fourth-order valence-electron chi connectivity index (χ4n) is 1.99. The Morgan fingerprint density at radius 1 is 1.60 bits per heavy atom. The van der Waals surface area contributed by atoms with E-state index in [0.717, 1.165) is 18.6 Å². The van der Waals surface area contributed by atoms with Crippen LogP contribution in [0, 0.1) is 11.3 Å². The summed E-state index contributed by atoms with van der Waals surface area (Å²) in [6, 6.07) is 0. The molecule has 1 aliphatic rings. The van der Waals surface area contributed by atoms with E-state index in [1.54, 1.807) is 0 Å². The predicted octanol–water partition coefficient (Wildman–Crippen LogP) is 2.40. The lowest BCUT2D eigenvalue weighted by Crippen LogP contribution is -2.34. The lowest BCUT2D eigenvalue weighted by Gasteiger charge is -2.44. The zero-order valence-corrected chi connectivity index (χ0v) is 6.89. The second-order valence-corrected chi connectivity index (χ2v) is 3.86. The van der Waals surface area contributed by atoms with Crippen LogP contribution in [0.25, 0.3) is 0 Å². The summed E-state index contributed by atoms with van der Waals surface area (Å²) in [5.41, 5.74) is 0.377. The van der Waals surface area contributed by atoms with Gasteiger partial charge in [0.1, 0.15) is 6.29 Å². The minimum atomic E-state index is 0.377. The van der Waals surface area contributed by atoms with Gasteiger partial charge in [-0.05, 0) is 24.2 Å². The Kier molecular flexibility index (Phi) is 2.12. The van der Waals surface area contributed by atoms with Gasteiger partial charge in [-0.2, -0.15) is 0 Å². The average Bonchev–Trinajstić information content (AvgIpc) is 1.83. The van der Waals surface area contributed by atoms with Crippen LogP contribution in [0.2, 0.25) is 0 Å². The van der Waals surface area contributed by atoms with Gasteiger partial charge in [0.05, 0.1) is 0 Å². The van der Waals surface area contributed by atoms with Crippen molar-refractivity contribution in [2.24, 2.45) is 11.3 Å². The Labute approximate surface area is 62.8 Å². The zero-order valence-electron chi connectivity index (χ0n) is 6.89. The Hall–Kier alpha value is -0.330. The summed E-state index contributed by atoms with van der Waals surface area (Å²) in [4.78, 5) is 10.2. The maximum absolute atomic E-state index is 10.2. The Balaban J connectivity index is 2.27. The van der Waals surface area contributed by atoms with E-state index in [0.29, 0.717) is 5.41 Å². The minimum Gasteiger partial charge on any atom is -0.303 e. The lowest BCUT2D eigenvalue weighted by atomic mass is 9.61. The molecular weight excluding hydrogens is 124 g/mol. The molecule has 1 fully saturated rings. The third-order valence-electron chi connectivity index (χ3n) is 2.72. The van der Waals surface area contributed by atoms with E-state index in [9.17, 15) is 4.79 Å². The summed E-state index contributed by atoms with van der Waals surface area (Å²) >= 11 is 0. The van der Waals surface area contributed by atoms with Crippen molar-refractivity contribution < 1.29 is 4.79 Å².